The van der Waals surface area contributed by atoms with Crippen molar-refractivity contribution in [1.82, 2.24) is 10.2 Å². The number of rotatable bonds is 5. The Kier molecular flexibility index (Phi) is 8.57. The van der Waals surface area contributed by atoms with Crippen molar-refractivity contribution in [3.8, 4) is 0 Å². The maximum Gasteiger partial charge on any atom is 0.321 e. The number of anilines is 1. The highest BCUT2D eigenvalue weighted by Gasteiger charge is 2.28. The number of nitrogens with zero attached hydrogens (tertiary/aromatic N) is 1. The van der Waals surface area contributed by atoms with Crippen molar-refractivity contribution in [3.05, 3.63) is 30.3 Å². The minimum Gasteiger partial charge on any atom is -0.355 e. The number of carbonyl (C=O) groups excluding carboxylic acids is 2. The molecule has 0 spiro atoms. The molecule has 24 heavy (non-hydrogen) atoms. The predicted octanol–water partition coefficient (Wildman–Crippen LogP) is 2.06. The minimum atomic E-state index is -0.149. The second-order valence-corrected chi connectivity index (χ2v) is 6.17. The molecule has 1 aliphatic rings. The third kappa shape index (κ3) is 6.02. The highest BCUT2D eigenvalue weighted by Crippen LogP contribution is 2.18. The lowest BCUT2D eigenvalue weighted by Crippen LogP contribution is -2.47. The van der Waals surface area contributed by atoms with Gasteiger partial charge in [0.2, 0.25) is 5.91 Å². The highest BCUT2D eigenvalue weighted by atomic mass is 35.5. The van der Waals surface area contributed by atoms with Crippen LogP contribution in [0.2, 0.25) is 0 Å². The largest absolute Gasteiger partial charge is 0.355 e. The number of likely N-dealkylation sites (tertiary alicyclic amines) is 1. The summed E-state index contributed by atoms with van der Waals surface area (Å²) in [5.74, 6) is 0.137. The monoisotopic (exact) mass is 354 g/mol. The second-order valence-electron chi connectivity index (χ2n) is 6.17. The van der Waals surface area contributed by atoms with Crippen molar-refractivity contribution < 1.29 is 9.59 Å². The van der Waals surface area contributed by atoms with Gasteiger partial charge in [-0.1, -0.05) is 25.1 Å². The molecule has 2 rings (SSSR count). The molecule has 0 aromatic heterocycles. The molecule has 134 valence electrons. The van der Waals surface area contributed by atoms with E-state index in [1.54, 1.807) is 4.90 Å². The van der Waals surface area contributed by atoms with Gasteiger partial charge >= 0.3 is 6.03 Å². The first-order valence-electron chi connectivity index (χ1n) is 8.19. The Balaban J connectivity index is 0.00000288. The Morgan fingerprint density at radius 1 is 1.33 bits per heavy atom. The van der Waals surface area contributed by atoms with E-state index in [-0.39, 0.29) is 36.2 Å². The molecule has 4 N–H and O–H groups in total. The summed E-state index contributed by atoms with van der Waals surface area (Å²) in [4.78, 5) is 26.3. The van der Waals surface area contributed by atoms with E-state index in [9.17, 15) is 9.59 Å². The summed E-state index contributed by atoms with van der Waals surface area (Å²) in [6.45, 7) is 4.28. The van der Waals surface area contributed by atoms with Crippen LogP contribution in [0, 0.1) is 11.8 Å². The predicted molar refractivity (Wildman–Crippen MR) is 98.2 cm³/mol. The van der Waals surface area contributed by atoms with Crippen molar-refractivity contribution in [2.45, 2.75) is 19.8 Å². The van der Waals surface area contributed by atoms with Crippen LogP contribution in [0.5, 0.6) is 0 Å². The molecule has 1 saturated heterocycles. The Morgan fingerprint density at radius 3 is 2.71 bits per heavy atom. The molecule has 0 bridgehead atoms. The van der Waals surface area contributed by atoms with Gasteiger partial charge in [-0.05, 0) is 37.4 Å². The molecule has 3 amide bonds. The average Bonchev–Trinajstić information content (AvgIpc) is 2.60. The van der Waals surface area contributed by atoms with Gasteiger partial charge in [-0.25, -0.2) is 4.79 Å². The van der Waals surface area contributed by atoms with Gasteiger partial charge in [0.15, 0.2) is 0 Å². The van der Waals surface area contributed by atoms with Crippen LogP contribution in [0.3, 0.4) is 0 Å². The molecule has 2 atom stereocenters. The number of urea groups is 1. The van der Waals surface area contributed by atoms with Crippen molar-refractivity contribution in [3.63, 3.8) is 0 Å². The Morgan fingerprint density at radius 2 is 2.04 bits per heavy atom. The number of hydrogen-bond acceptors (Lipinski definition) is 3. The summed E-state index contributed by atoms with van der Waals surface area (Å²) in [5, 5.41) is 5.80. The van der Waals surface area contributed by atoms with E-state index < -0.39 is 0 Å². The summed E-state index contributed by atoms with van der Waals surface area (Å²) in [6, 6.07) is 9.20. The number of para-hydroxylation sites is 1. The molecule has 0 radical (unpaired) electrons. The SMILES string of the molecule is CC(CN)CNC(=O)C1CCCN(C(=O)Nc2ccccc2)C1.Cl. The minimum absolute atomic E-state index is 0. The zero-order valence-corrected chi connectivity index (χ0v) is 14.8. The van der Waals surface area contributed by atoms with Crippen LogP contribution >= 0.6 is 12.4 Å². The first kappa shape index (κ1) is 20.3. The summed E-state index contributed by atoms with van der Waals surface area (Å²) >= 11 is 0. The average molecular weight is 355 g/mol. The number of nitrogens with two attached hydrogens (primary N) is 1. The first-order chi connectivity index (χ1) is 11.1. The molecule has 1 aromatic carbocycles. The molecule has 1 heterocycles. The van der Waals surface area contributed by atoms with E-state index in [1.807, 2.05) is 37.3 Å². The fourth-order valence-electron chi connectivity index (χ4n) is 2.60. The van der Waals surface area contributed by atoms with Crippen LogP contribution in [-0.4, -0.2) is 43.0 Å². The van der Waals surface area contributed by atoms with E-state index in [2.05, 4.69) is 10.6 Å². The van der Waals surface area contributed by atoms with Gasteiger partial charge in [0.05, 0.1) is 5.92 Å². The van der Waals surface area contributed by atoms with Gasteiger partial charge < -0.3 is 21.3 Å². The van der Waals surface area contributed by atoms with E-state index in [1.165, 1.54) is 0 Å². The van der Waals surface area contributed by atoms with Gasteiger partial charge in [-0.15, -0.1) is 12.4 Å². The maximum atomic E-state index is 12.3. The Bertz CT molecular complexity index is 527. The Labute approximate surface area is 149 Å². The third-order valence-electron chi connectivity index (χ3n) is 4.13. The molecule has 2 unspecified atom stereocenters. The zero-order chi connectivity index (χ0) is 16.7. The molecular formula is C17H27ClN4O2. The number of hydrogen-bond donors (Lipinski definition) is 3. The van der Waals surface area contributed by atoms with Crippen molar-refractivity contribution in [2.24, 2.45) is 17.6 Å². The van der Waals surface area contributed by atoms with Crippen LogP contribution in [0.15, 0.2) is 30.3 Å². The van der Waals surface area contributed by atoms with Gasteiger partial charge in [0, 0.05) is 25.3 Å². The van der Waals surface area contributed by atoms with Gasteiger partial charge in [0.1, 0.15) is 0 Å². The molecule has 1 fully saturated rings. The molecular weight excluding hydrogens is 328 g/mol. The highest BCUT2D eigenvalue weighted by molar-refractivity contribution is 5.90. The lowest BCUT2D eigenvalue weighted by atomic mass is 9.97. The van der Waals surface area contributed by atoms with Crippen molar-refractivity contribution >= 4 is 30.0 Å². The lowest BCUT2D eigenvalue weighted by molar-refractivity contribution is -0.126. The van der Waals surface area contributed by atoms with E-state index >= 15 is 0 Å². The first-order valence-corrected chi connectivity index (χ1v) is 8.19. The second kappa shape index (κ2) is 10.2. The number of halogens is 1. The molecule has 0 aliphatic carbocycles. The molecule has 7 heteroatoms. The maximum absolute atomic E-state index is 12.3. The third-order valence-corrected chi connectivity index (χ3v) is 4.13. The fourth-order valence-corrected chi connectivity index (χ4v) is 2.60. The normalized spacial score (nSPS) is 18.2. The molecule has 1 aliphatic heterocycles. The van der Waals surface area contributed by atoms with E-state index in [4.69, 9.17) is 5.73 Å². The van der Waals surface area contributed by atoms with E-state index in [0.29, 0.717) is 26.2 Å². The number of amides is 3. The van der Waals surface area contributed by atoms with Crippen LogP contribution in [0.25, 0.3) is 0 Å². The number of carbonyl (C=O) groups is 2. The van der Waals surface area contributed by atoms with Crippen molar-refractivity contribution in [2.75, 3.05) is 31.5 Å². The van der Waals surface area contributed by atoms with E-state index in [0.717, 1.165) is 18.5 Å². The molecule has 0 saturated carbocycles. The number of piperidine rings is 1. The smallest absolute Gasteiger partial charge is 0.321 e. The number of nitrogens with one attached hydrogen (secondary N) is 2. The topological polar surface area (TPSA) is 87.5 Å². The van der Waals surface area contributed by atoms with Gasteiger partial charge in [-0.3, -0.25) is 4.79 Å². The van der Waals surface area contributed by atoms with Crippen LogP contribution in [-0.2, 0) is 4.79 Å². The number of benzene rings is 1. The summed E-state index contributed by atoms with van der Waals surface area (Å²) in [6.07, 6.45) is 1.66. The summed E-state index contributed by atoms with van der Waals surface area (Å²) < 4.78 is 0. The lowest BCUT2D eigenvalue weighted by Gasteiger charge is -2.32. The van der Waals surface area contributed by atoms with Crippen LogP contribution < -0.4 is 16.4 Å². The summed E-state index contributed by atoms with van der Waals surface area (Å²) in [5.41, 5.74) is 6.32. The van der Waals surface area contributed by atoms with Gasteiger partial charge in [-0.2, -0.15) is 0 Å². The van der Waals surface area contributed by atoms with Crippen LogP contribution in [0.4, 0.5) is 10.5 Å². The van der Waals surface area contributed by atoms with Gasteiger partial charge in [0.25, 0.3) is 0 Å². The zero-order valence-electron chi connectivity index (χ0n) is 14.0. The fraction of sp³-hybridized carbons (Fsp3) is 0.529. The Hall–Kier alpha value is -1.79. The quantitative estimate of drug-likeness (QED) is 0.756. The summed E-state index contributed by atoms with van der Waals surface area (Å²) in [7, 11) is 0. The molecule has 6 nitrogen and oxygen atoms in total. The van der Waals surface area contributed by atoms with Crippen LogP contribution in [0.1, 0.15) is 19.8 Å². The standard InChI is InChI=1S/C17H26N4O2.ClH/c1-13(10-18)11-19-16(22)14-6-5-9-21(12-14)17(23)20-15-7-3-2-4-8-15;/h2-4,7-8,13-14H,5-6,9-12,18H2,1H3,(H,19,22)(H,20,23);1H. The molecule has 1 aromatic rings. The van der Waals surface area contributed by atoms with Crippen molar-refractivity contribution in [1.29, 1.82) is 0 Å².